The lowest BCUT2D eigenvalue weighted by Crippen LogP contribution is -1.70. The Morgan fingerprint density at radius 1 is 1.23 bits per heavy atom. The van der Waals surface area contributed by atoms with Gasteiger partial charge in [-0.25, -0.2) is 0 Å². The van der Waals surface area contributed by atoms with E-state index in [1.807, 2.05) is 0 Å². The van der Waals surface area contributed by atoms with E-state index < -0.39 is 0 Å². The van der Waals surface area contributed by atoms with Crippen molar-refractivity contribution < 1.29 is 0 Å². The van der Waals surface area contributed by atoms with E-state index >= 15 is 0 Å². The van der Waals surface area contributed by atoms with Crippen molar-refractivity contribution in [2.75, 3.05) is 0 Å². The molecule has 0 atom stereocenters. The molecule has 0 fully saturated rings. The Morgan fingerprint density at radius 3 is 2.92 bits per heavy atom. The average molecular weight is 253 g/mol. The zero-order valence-corrected chi connectivity index (χ0v) is 9.44. The maximum Gasteiger partial charge on any atom is 0.0705 e. The summed E-state index contributed by atoms with van der Waals surface area (Å²) in [7, 11) is 0. The van der Waals surface area contributed by atoms with Gasteiger partial charge in [-0.3, -0.25) is 0 Å². The zero-order valence-electron chi connectivity index (χ0n) is 7.03. The smallest absolute Gasteiger partial charge is 0.0705 e. The molecule has 0 radical (unpaired) electrons. The van der Waals surface area contributed by atoms with E-state index in [0.29, 0.717) is 0 Å². The highest BCUT2D eigenvalue weighted by Gasteiger charge is 2.01. The van der Waals surface area contributed by atoms with E-state index in [2.05, 4.69) is 58.4 Å². The van der Waals surface area contributed by atoms with E-state index in [9.17, 15) is 0 Å². The van der Waals surface area contributed by atoms with Gasteiger partial charge < -0.3 is 0 Å². The molecule has 0 unspecified atom stereocenters. The Morgan fingerprint density at radius 2 is 2.15 bits per heavy atom. The largest absolute Gasteiger partial charge is 0.128 e. The molecule has 0 aliphatic heterocycles. The van der Waals surface area contributed by atoms with Crippen molar-refractivity contribution in [3.05, 3.63) is 51.2 Å². The first-order chi connectivity index (χ1) is 6.36. The van der Waals surface area contributed by atoms with Crippen LogP contribution in [-0.2, 0) is 0 Å². The Balaban J connectivity index is 2.35. The molecule has 2 rings (SSSR count). The average Bonchev–Trinajstić information content (AvgIpc) is 2.43. The van der Waals surface area contributed by atoms with Crippen molar-refractivity contribution >= 4 is 32.8 Å². The molecule has 0 bridgehead atoms. The third kappa shape index (κ3) is 2.20. The first-order valence-corrected chi connectivity index (χ1v) is 5.76. The second-order valence-electron chi connectivity index (χ2n) is 2.79. The topological polar surface area (TPSA) is 0 Å². The SMILES string of the molecule is Brc1ccc(C2=CC=CCC=C2)s1. The molecule has 1 aliphatic rings. The van der Waals surface area contributed by atoms with Gasteiger partial charge in [0.15, 0.2) is 0 Å². The molecule has 0 nitrogen and oxygen atoms in total. The highest BCUT2D eigenvalue weighted by molar-refractivity contribution is 9.11. The second kappa shape index (κ2) is 4.07. The summed E-state index contributed by atoms with van der Waals surface area (Å²) in [6.07, 6.45) is 11.8. The van der Waals surface area contributed by atoms with Crippen LogP contribution in [-0.4, -0.2) is 0 Å². The molecule has 1 heterocycles. The van der Waals surface area contributed by atoms with Crippen LogP contribution in [0, 0.1) is 0 Å². The van der Waals surface area contributed by atoms with Gasteiger partial charge in [-0.2, -0.15) is 0 Å². The van der Waals surface area contributed by atoms with Crippen molar-refractivity contribution in [3.63, 3.8) is 0 Å². The Kier molecular flexibility index (Phi) is 2.81. The van der Waals surface area contributed by atoms with Crippen molar-refractivity contribution in [2.24, 2.45) is 0 Å². The number of halogens is 1. The Bertz CT molecular complexity index is 383. The van der Waals surface area contributed by atoms with Crippen LogP contribution in [0.2, 0.25) is 0 Å². The highest BCUT2D eigenvalue weighted by Crippen LogP contribution is 2.29. The number of allylic oxidation sites excluding steroid dienone is 6. The highest BCUT2D eigenvalue weighted by atomic mass is 79.9. The standard InChI is InChI=1S/C11H9BrS/c12-11-8-7-10(13-11)9-5-3-1-2-4-6-9/h1,3-8H,2H2. The van der Waals surface area contributed by atoms with Crippen LogP contribution >= 0.6 is 27.3 Å². The van der Waals surface area contributed by atoms with Gasteiger partial charge in [0.2, 0.25) is 0 Å². The van der Waals surface area contributed by atoms with Crippen molar-refractivity contribution in [2.45, 2.75) is 6.42 Å². The van der Waals surface area contributed by atoms with Crippen LogP contribution in [0.4, 0.5) is 0 Å². The minimum Gasteiger partial charge on any atom is -0.128 e. The zero-order chi connectivity index (χ0) is 9.10. The fourth-order valence-electron chi connectivity index (χ4n) is 1.21. The minimum atomic E-state index is 1.03. The third-order valence-electron chi connectivity index (χ3n) is 1.84. The lowest BCUT2D eigenvalue weighted by atomic mass is 10.2. The lowest BCUT2D eigenvalue weighted by Gasteiger charge is -1.94. The lowest BCUT2D eigenvalue weighted by molar-refractivity contribution is 1.41. The molecule has 0 amide bonds. The summed E-state index contributed by atoms with van der Waals surface area (Å²) >= 11 is 5.23. The van der Waals surface area contributed by atoms with E-state index in [-0.39, 0.29) is 0 Å². The number of rotatable bonds is 1. The van der Waals surface area contributed by atoms with E-state index in [0.717, 1.165) is 6.42 Å². The van der Waals surface area contributed by atoms with Crippen LogP contribution in [0.3, 0.4) is 0 Å². The van der Waals surface area contributed by atoms with Crippen molar-refractivity contribution in [3.8, 4) is 0 Å². The van der Waals surface area contributed by atoms with Crippen LogP contribution in [0.15, 0.2) is 46.3 Å². The molecular formula is C11H9BrS. The first-order valence-electron chi connectivity index (χ1n) is 4.15. The summed E-state index contributed by atoms with van der Waals surface area (Å²) in [5.41, 5.74) is 1.30. The number of hydrogen-bond donors (Lipinski definition) is 0. The van der Waals surface area contributed by atoms with Gasteiger partial charge in [0, 0.05) is 4.88 Å². The third-order valence-corrected chi connectivity index (χ3v) is 3.51. The van der Waals surface area contributed by atoms with Crippen molar-refractivity contribution in [1.82, 2.24) is 0 Å². The van der Waals surface area contributed by atoms with Crippen LogP contribution in [0.25, 0.3) is 5.57 Å². The minimum absolute atomic E-state index is 1.03. The molecule has 0 saturated heterocycles. The van der Waals surface area contributed by atoms with E-state index in [1.54, 1.807) is 11.3 Å². The second-order valence-corrected chi connectivity index (χ2v) is 5.26. The Hall–Kier alpha value is -0.600. The van der Waals surface area contributed by atoms with Gasteiger partial charge in [0.05, 0.1) is 3.79 Å². The summed E-state index contributed by atoms with van der Waals surface area (Å²) < 4.78 is 1.19. The van der Waals surface area contributed by atoms with Gasteiger partial charge in [-0.1, -0.05) is 30.4 Å². The summed E-state index contributed by atoms with van der Waals surface area (Å²) in [5.74, 6) is 0. The molecule has 2 heteroatoms. The molecule has 0 N–H and O–H groups in total. The van der Waals surface area contributed by atoms with E-state index in [4.69, 9.17) is 0 Å². The van der Waals surface area contributed by atoms with E-state index in [1.165, 1.54) is 14.2 Å². The summed E-state index contributed by atoms with van der Waals surface area (Å²) in [6, 6.07) is 4.23. The first kappa shape index (κ1) is 8.97. The van der Waals surface area contributed by atoms with Gasteiger partial charge in [0.25, 0.3) is 0 Å². The summed E-state index contributed by atoms with van der Waals surface area (Å²) in [5, 5.41) is 0. The molecular weight excluding hydrogens is 244 g/mol. The predicted molar refractivity (Wildman–Crippen MR) is 62.9 cm³/mol. The van der Waals surface area contributed by atoms with Crippen LogP contribution < -0.4 is 0 Å². The molecule has 0 spiro atoms. The van der Waals surface area contributed by atoms with Gasteiger partial charge in [-0.05, 0) is 40.1 Å². The maximum atomic E-state index is 3.47. The molecule has 13 heavy (non-hydrogen) atoms. The molecule has 1 aromatic heterocycles. The van der Waals surface area contributed by atoms with Crippen molar-refractivity contribution in [1.29, 1.82) is 0 Å². The Labute approximate surface area is 90.4 Å². The number of hydrogen-bond acceptors (Lipinski definition) is 1. The molecule has 66 valence electrons. The molecule has 0 aromatic carbocycles. The van der Waals surface area contributed by atoms with Gasteiger partial charge in [0.1, 0.15) is 0 Å². The summed E-state index contributed by atoms with van der Waals surface area (Å²) in [6.45, 7) is 0. The van der Waals surface area contributed by atoms with Crippen LogP contribution in [0.1, 0.15) is 11.3 Å². The monoisotopic (exact) mass is 252 g/mol. The maximum absolute atomic E-state index is 3.47. The molecule has 0 saturated carbocycles. The van der Waals surface area contributed by atoms with Gasteiger partial charge >= 0.3 is 0 Å². The number of thiophene rings is 1. The summed E-state index contributed by atoms with van der Waals surface area (Å²) in [4.78, 5) is 1.31. The normalized spacial score (nSPS) is 15.6. The fourth-order valence-corrected chi connectivity index (χ4v) is 2.60. The van der Waals surface area contributed by atoms with Gasteiger partial charge in [-0.15, -0.1) is 11.3 Å². The van der Waals surface area contributed by atoms with Crippen LogP contribution in [0.5, 0.6) is 0 Å². The quantitative estimate of drug-likeness (QED) is 0.695. The molecule has 1 aromatic rings. The fraction of sp³-hybridized carbons (Fsp3) is 0.0909. The molecule has 1 aliphatic carbocycles. The predicted octanol–water partition coefficient (Wildman–Crippen LogP) is 4.41.